The first-order valence-corrected chi connectivity index (χ1v) is 8.11. The van der Waals surface area contributed by atoms with Crippen LogP contribution in [-0.4, -0.2) is 21.0 Å². The molecule has 0 aromatic heterocycles. The number of sulfonamides is 1. The fraction of sp³-hybridized carbons (Fsp3) is 0.400. The van der Waals surface area contributed by atoms with E-state index in [9.17, 15) is 13.2 Å². The van der Waals surface area contributed by atoms with Gasteiger partial charge in [0.15, 0.2) is 0 Å². The zero-order chi connectivity index (χ0) is 16.2. The van der Waals surface area contributed by atoms with Crippen LogP contribution in [0.5, 0.6) is 0 Å². The van der Waals surface area contributed by atoms with Gasteiger partial charge in [-0.1, -0.05) is 17.7 Å². The highest BCUT2D eigenvalue weighted by Gasteiger charge is 2.20. The molecular weight excluding hydrogens is 290 g/mol. The Morgan fingerprint density at radius 2 is 1.76 bits per heavy atom. The zero-order valence-electron chi connectivity index (χ0n) is 13.0. The number of rotatable bonds is 5. The second kappa shape index (κ2) is 6.76. The number of benzene rings is 1. The van der Waals surface area contributed by atoms with Crippen LogP contribution in [0.1, 0.15) is 30.5 Å². The van der Waals surface area contributed by atoms with Crippen molar-refractivity contribution in [2.75, 3.05) is 6.61 Å². The van der Waals surface area contributed by atoms with E-state index in [0.717, 1.165) is 11.6 Å². The molecule has 6 heteroatoms. The molecule has 21 heavy (non-hydrogen) atoms. The minimum atomic E-state index is -3.72. The van der Waals surface area contributed by atoms with Crippen LogP contribution < -0.4 is 4.72 Å². The van der Waals surface area contributed by atoms with Crippen molar-refractivity contribution in [2.45, 2.75) is 39.5 Å². The van der Waals surface area contributed by atoms with Crippen LogP contribution in [0.25, 0.3) is 0 Å². The summed E-state index contributed by atoms with van der Waals surface area (Å²) < 4.78 is 32.0. The predicted octanol–water partition coefficient (Wildman–Crippen LogP) is 2.36. The average Bonchev–Trinajstić information content (AvgIpc) is 2.25. The van der Waals surface area contributed by atoms with E-state index in [1.807, 2.05) is 19.1 Å². The van der Waals surface area contributed by atoms with E-state index in [1.165, 1.54) is 6.92 Å². The highest BCUT2D eigenvalue weighted by Crippen LogP contribution is 2.22. The number of carbonyl (C=O) groups is 1. The Labute approximate surface area is 126 Å². The monoisotopic (exact) mass is 311 g/mol. The molecule has 1 rings (SSSR count). The van der Waals surface area contributed by atoms with Crippen molar-refractivity contribution in [1.29, 1.82) is 0 Å². The molecule has 0 unspecified atom stereocenters. The molecule has 1 aromatic carbocycles. The summed E-state index contributed by atoms with van der Waals surface area (Å²) in [4.78, 5) is 11.6. The number of nitrogens with one attached hydrogen (secondary N) is 1. The summed E-state index contributed by atoms with van der Waals surface area (Å²) in [6, 6.07) is 3.62. The molecule has 0 atom stereocenters. The van der Waals surface area contributed by atoms with Crippen molar-refractivity contribution in [3.05, 3.63) is 40.6 Å². The van der Waals surface area contributed by atoms with Crippen molar-refractivity contribution in [3.8, 4) is 0 Å². The Morgan fingerprint density at radius 1 is 1.24 bits per heavy atom. The Bertz CT molecular complexity index is 652. The Morgan fingerprint density at radius 3 is 2.24 bits per heavy atom. The van der Waals surface area contributed by atoms with E-state index in [-0.39, 0.29) is 17.2 Å². The fourth-order valence-electron chi connectivity index (χ4n) is 2.24. The molecule has 0 saturated heterocycles. The van der Waals surface area contributed by atoms with Crippen molar-refractivity contribution < 1.29 is 17.9 Å². The van der Waals surface area contributed by atoms with Gasteiger partial charge in [0.05, 0.1) is 11.5 Å². The van der Waals surface area contributed by atoms with Gasteiger partial charge in [0.2, 0.25) is 0 Å². The summed E-state index contributed by atoms with van der Waals surface area (Å²) in [7, 11) is -3.72. The molecule has 0 heterocycles. The van der Waals surface area contributed by atoms with Crippen molar-refractivity contribution in [1.82, 2.24) is 4.72 Å². The van der Waals surface area contributed by atoms with Crippen molar-refractivity contribution >= 4 is 16.0 Å². The van der Waals surface area contributed by atoms with Gasteiger partial charge in [-0.2, -0.15) is 0 Å². The summed E-state index contributed by atoms with van der Waals surface area (Å²) in [6.45, 7) is 8.84. The highest BCUT2D eigenvalue weighted by atomic mass is 32.2. The van der Waals surface area contributed by atoms with Crippen LogP contribution in [0.15, 0.2) is 28.8 Å². The predicted molar refractivity (Wildman–Crippen MR) is 81.4 cm³/mol. The minimum Gasteiger partial charge on any atom is -0.463 e. The van der Waals surface area contributed by atoms with Crippen molar-refractivity contribution in [3.63, 3.8) is 0 Å². The molecule has 0 fully saturated rings. The van der Waals surface area contributed by atoms with Gasteiger partial charge in [-0.25, -0.2) is 13.2 Å². The van der Waals surface area contributed by atoms with Gasteiger partial charge in [0.25, 0.3) is 10.0 Å². The Kier molecular flexibility index (Phi) is 5.54. The van der Waals surface area contributed by atoms with E-state index < -0.39 is 16.0 Å². The van der Waals surface area contributed by atoms with Gasteiger partial charge in [-0.3, -0.25) is 4.72 Å². The Hall–Kier alpha value is -1.82. The lowest BCUT2D eigenvalue weighted by molar-refractivity contribution is -0.137. The second-order valence-electron chi connectivity index (χ2n) is 4.91. The molecule has 0 saturated carbocycles. The van der Waals surface area contributed by atoms with Crippen LogP contribution in [0.4, 0.5) is 0 Å². The maximum atomic E-state index is 12.4. The van der Waals surface area contributed by atoms with E-state index in [1.54, 1.807) is 20.8 Å². The third-order valence-electron chi connectivity index (χ3n) is 2.79. The van der Waals surface area contributed by atoms with Crippen molar-refractivity contribution in [2.24, 2.45) is 0 Å². The smallest absolute Gasteiger partial charge is 0.332 e. The van der Waals surface area contributed by atoms with Crippen LogP contribution in [0.3, 0.4) is 0 Å². The van der Waals surface area contributed by atoms with E-state index in [2.05, 4.69) is 4.72 Å². The van der Waals surface area contributed by atoms with E-state index in [4.69, 9.17) is 4.74 Å². The molecule has 0 amide bonds. The molecule has 0 radical (unpaired) electrons. The maximum Gasteiger partial charge on any atom is 0.332 e. The molecule has 0 bridgehead atoms. The largest absolute Gasteiger partial charge is 0.463 e. The lowest BCUT2D eigenvalue weighted by Gasteiger charge is -2.14. The van der Waals surface area contributed by atoms with Gasteiger partial charge >= 0.3 is 5.97 Å². The summed E-state index contributed by atoms with van der Waals surface area (Å²) in [5, 5.41) is 0. The number of aryl methyl sites for hydroxylation is 3. The molecule has 1 N–H and O–H groups in total. The molecule has 0 aliphatic heterocycles. The first-order chi connectivity index (χ1) is 9.67. The lowest BCUT2D eigenvalue weighted by atomic mass is 10.1. The summed E-state index contributed by atoms with van der Waals surface area (Å²) >= 11 is 0. The summed E-state index contributed by atoms with van der Waals surface area (Å²) in [5.41, 5.74) is 2.56. The SMILES string of the molecule is CCOC(=O)/C=C(\C)NS(=O)(=O)c1c(C)cc(C)cc1C. The average molecular weight is 311 g/mol. The van der Waals surface area contributed by atoms with E-state index in [0.29, 0.717) is 11.1 Å². The summed E-state index contributed by atoms with van der Waals surface area (Å²) in [6.07, 6.45) is 1.12. The number of ether oxygens (including phenoxy) is 1. The number of hydrogen-bond acceptors (Lipinski definition) is 4. The number of carbonyl (C=O) groups excluding carboxylic acids is 1. The second-order valence-corrected chi connectivity index (χ2v) is 6.53. The van der Waals surface area contributed by atoms with E-state index >= 15 is 0 Å². The third kappa shape index (κ3) is 4.60. The molecular formula is C15H21NO4S. The van der Waals surface area contributed by atoms with Gasteiger partial charge in [0.1, 0.15) is 0 Å². The van der Waals surface area contributed by atoms with Gasteiger partial charge in [-0.05, 0) is 45.7 Å². The molecule has 1 aromatic rings. The molecule has 0 spiro atoms. The van der Waals surface area contributed by atoms with Crippen LogP contribution in [0, 0.1) is 20.8 Å². The van der Waals surface area contributed by atoms with Crippen LogP contribution >= 0.6 is 0 Å². The first kappa shape index (κ1) is 17.2. The third-order valence-corrected chi connectivity index (χ3v) is 4.56. The zero-order valence-corrected chi connectivity index (χ0v) is 13.8. The van der Waals surface area contributed by atoms with Gasteiger partial charge in [0, 0.05) is 11.8 Å². The van der Waals surface area contributed by atoms with Gasteiger partial charge in [-0.15, -0.1) is 0 Å². The minimum absolute atomic E-state index is 0.216. The quantitative estimate of drug-likeness (QED) is 0.669. The normalized spacial score (nSPS) is 12.1. The summed E-state index contributed by atoms with van der Waals surface area (Å²) in [5.74, 6) is -0.574. The number of allylic oxidation sites excluding steroid dienone is 1. The standard InChI is InChI=1S/C15H21NO4S/c1-6-20-14(17)9-13(5)16-21(18,19)15-11(3)7-10(2)8-12(15)4/h7-9,16H,6H2,1-5H3/b13-9+. The number of esters is 1. The first-order valence-electron chi connectivity index (χ1n) is 6.63. The molecule has 0 aliphatic rings. The molecule has 0 aliphatic carbocycles. The molecule has 5 nitrogen and oxygen atoms in total. The van der Waals surface area contributed by atoms with Gasteiger partial charge < -0.3 is 4.74 Å². The topological polar surface area (TPSA) is 72.5 Å². The maximum absolute atomic E-state index is 12.4. The Balaban J connectivity index is 3.11. The molecule has 116 valence electrons. The van der Waals surface area contributed by atoms with Crippen LogP contribution in [0.2, 0.25) is 0 Å². The number of hydrogen-bond donors (Lipinski definition) is 1. The van der Waals surface area contributed by atoms with Crippen LogP contribution in [-0.2, 0) is 19.6 Å². The lowest BCUT2D eigenvalue weighted by Crippen LogP contribution is -2.24. The fourth-order valence-corrected chi connectivity index (χ4v) is 3.79. The highest BCUT2D eigenvalue weighted by molar-refractivity contribution is 7.89.